The summed E-state index contributed by atoms with van der Waals surface area (Å²) in [4.78, 5) is 21.4. The Morgan fingerprint density at radius 2 is 1.42 bits per heavy atom. The average molecular weight is 342 g/mol. The predicted octanol–water partition coefficient (Wildman–Crippen LogP) is 1.82. The molecule has 0 radical (unpaired) electrons. The van der Waals surface area contributed by atoms with Crippen LogP contribution in [0.3, 0.4) is 0 Å². The summed E-state index contributed by atoms with van der Waals surface area (Å²) in [6.07, 6.45) is 0.201. The maximum absolute atomic E-state index is 10.7. The molecule has 1 rings (SSSR count). The van der Waals surface area contributed by atoms with Gasteiger partial charge in [-0.1, -0.05) is 6.58 Å². The summed E-state index contributed by atoms with van der Waals surface area (Å²) in [5, 5.41) is 0. The summed E-state index contributed by atoms with van der Waals surface area (Å²) < 4.78 is 33.7. The third kappa shape index (κ3) is 8.61. The van der Waals surface area contributed by atoms with E-state index < -0.39 is 12.1 Å². The first kappa shape index (κ1) is 19.3. The lowest BCUT2D eigenvalue weighted by Crippen LogP contribution is -2.11. The Bertz CT molecular complexity index is 512. The molecule has 0 atom stereocenters. The zero-order valence-electron chi connectivity index (χ0n) is 13.1. The highest BCUT2D eigenvalue weighted by Gasteiger charge is 2.00. The van der Waals surface area contributed by atoms with Gasteiger partial charge in [0.1, 0.15) is 11.5 Å². The summed E-state index contributed by atoms with van der Waals surface area (Å²) in [7, 11) is 1.20. The molecule has 0 saturated heterocycles. The van der Waals surface area contributed by atoms with E-state index in [0.29, 0.717) is 11.5 Å². The fourth-order valence-corrected chi connectivity index (χ4v) is 1.23. The number of ether oxygens (including phenoxy) is 7. The maximum Gasteiger partial charge on any atom is 0.510 e. The van der Waals surface area contributed by atoms with Gasteiger partial charge < -0.3 is 33.2 Å². The molecule has 1 aromatic rings. The van der Waals surface area contributed by atoms with E-state index in [1.807, 2.05) is 0 Å². The van der Waals surface area contributed by atoms with Crippen LogP contribution in [-0.2, 0) is 28.5 Å². The van der Waals surface area contributed by atoms with E-state index in [1.165, 1.54) is 7.11 Å². The minimum absolute atomic E-state index is 0.0847. The lowest BCUT2D eigenvalue weighted by molar-refractivity contribution is -0.155. The van der Waals surface area contributed by atoms with Crippen LogP contribution in [0.15, 0.2) is 36.9 Å². The third-order valence-electron chi connectivity index (χ3n) is 2.32. The Hall–Kier alpha value is -2.78. The Morgan fingerprint density at radius 1 is 0.917 bits per heavy atom. The molecule has 0 fully saturated rings. The minimum atomic E-state index is -0.835. The molecule has 9 nitrogen and oxygen atoms in total. The van der Waals surface area contributed by atoms with Crippen molar-refractivity contribution in [2.24, 2.45) is 0 Å². The van der Waals surface area contributed by atoms with Crippen molar-refractivity contribution < 1.29 is 42.7 Å². The normalized spacial score (nSPS) is 9.71. The molecule has 0 aliphatic heterocycles. The van der Waals surface area contributed by atoms with E-state index in [0.717, 1.165) is 6.08 Å². The number of esters is 1. The number of carbonyl (C=O) groups excluding carboxylic acids is 2. The number of hydrogen-bond acceptors (Lipinski definition) is 9. The molecule has 0 N–H and O–H groups in total. The lowest BCUT2D eigenvalue weighted by atomic mass is 10.3. The molecule has 0 bridgehead atoms. The zero-order valence-corrected chi connectivity index (χ0v) is 13.1. The van der Waals surface area contributed by atoms with Crippen LogP contribution in [0.25, 0.3) is 0 Å². The van der Waals surface area contributed by atoms with Gasteiger partial charge in [0.25, 0.3) is 0 Å². The van der Waals surface area contributed by atoms with Crippen LogP contribution in [0.2, 0.25) is 0 Å². The van der Waals surface area contributed by atoms with E-state index in [1.54, 1.807) is 24.3 Å². The second kappa shape index (κ2) is 11.7. The summed E-state index contributed by atoms with van der Waals surface area (Å²) in [6, 6.07) is 6.61. The molecule has 1 aromatic carbocycles. The van der Waals surface area contributed by atoms with Gasteiger partial charge in [0.05, 0.1) is 7.11 Å². The van der Waals surface area contributed by atoms with Gasteiger partial charge in [0, 0.05) is 6.08 Å². The van der Waals surface area contributed by atoms with Gasteiger partial charge in [0.15, 0.2) is 27.2 Å². The van der Waals surface area contributed by atoms with Crippen molar-refractivity contribution in [3.05, 3.63) is 36.9 Å². The monoisotopic (exact) mass is 342 g/mol. The fourth-order valence-electron chi connectivity index (χ4n) is 1.23. The molecule has 0 amide bonds. The van der Waals surface area contributed by atoms with Crippen molar-refractivity contribution in [1.82, 2.24) is 0 Å². The standard InChI is InChI=1S/C15H18O9/c1-3-14(16)23-10-19-8-21-12-4-6-13(7-5-12)22-9-20-11-24-15(17)18-2/h3-7H,1,8-11H2,2H3. The van der Waals surface area contributed by atoms with Gasteiger partial charge in [0.2, 0.25) is 0 Å². The second-order valence-electron chi connectivity index (χ2n) is 3.91. The third-order valence-corrected chi connectivity index (χ3v) is 2.32. The first-order valence-electron chi connectivity index (χ1n) is 6.66. The highest BCUT2D eigenvalue weighted by molar-refractivity contribution is 5.81. The quantitative estimate of drug-likeness (QED) is 0.258. The van der Waals surface area contributed by atoms with Crippen LogP contribution in [0.4, 0.5) is 4.79 Å². The first-order chi connectivity index (χ1) is 11.7. The van der Waals surface area contributed by atoms with Crippen LogP contribution in [-0.4, -0.2) is 46.4 Å². The molecule has 0 aliphatic carbocycles. The maximum atomic E-state index is 10.7. The predicted molar refractivity (Wildman–Crippen MR) is 79.1 cm³/mol. The number of hydrogen-bond donors (Lipinski definition) is 0. The first-order valence-corrected chi connectivity index (χ1v) is 6.66. The van der Waals surface area contributed by atoms with Crippen LogP contribution in [0, 0.1) is 0 Å². The summed E-state index contributed by atoms with van der Waals surface area (Å²) >= 11 is 0. The number of benzene rings is 1. The van der Waals surface area contributed by atoms with Crippen molar-refractivity contribution in [2.75, 3.05) is 34.3 Å². The largest absolute Gasteiger partial charge is 0.510 e. The number of carbonyl (C=O) groups is 2. The molecule has 0 unspecified atom stereocenters. The number of methoxy groups -OCH3 is 1. The Kier molecular flexibility index (Phi) is 9.43. The molecular formula is C15H18O9. The van der Waals surface area contributed by atoms with Gasteiger partial charge in [-0.3, -0.25) is 0 Å². The summed E-state index contributed by atoms with van der Waals surface area (Å²) in [5.41, 5.74) is 0. The number of rotatable bonds is 11. The van der Waals surface area contributed by atoms with Crippen LogP contribution in [0.5, 0.6) is 11.5 Å². The van der Waals surface area contributed by atoms with Crippen molar-refractivity contribution >= 4 is 12.1 Å². The van der Waals surface area contributed by atoms with E-state index in [-0.39, 0.29) is 27.2 Å². The molecule has 0 heterocycles. The van der Waals surface area contributed by atoms with Crippen molar-refractivity contribution in [1.29, 1.82) is 0 Å². The molecule has 0 aromatic heterocycles. The van der Waals surface area contributed by atoms with Crippen LogP contribution in [0.1, 0.15) is 0 Å². The van der Waals surface area contributed by atoms with Gasteiger partial charge in [-0.05, 0) is 24.3 Å². The van der Waals surface area contributed by atoms with E-state index in [4.69, 9.17) is 18.9 Å². The minimum Gasteiger partial charge on any atom is -0.467 e. The van der Waals surface area contributed by atoms with Crippen molar-refractivity contribution in [3.63, 3.8) is 0 Å². The van der Waals surface area contributed by atoms with E-state index in [2.05, 4.69) is 20.8 Å². The molecule has 0 spiro atoms. The Balaban J connectivity index is 2.13. The molecule has 24 heavy (non-hydrogen) atoms. The summed E-state index contributed by atoms with van der Waals surface area (Å²) in [6.45, 7) is 2.56. The smallest absolute Gasteiger partial charge is 0.467 e. The highest BCUT2D eigenvalue weighted by Crippen LogP contribution is 2.17. The lowest BCUT2D eigenvalue weighted by Gasteiger charge is -2.09. The van der Waals surface area contributed by atoms with Crippen LogP contribution < -0.4 is 9.47 Å². The van der Waals surface area contributed by atoms with Crippen molar-refractivity contribution in [3.8, 4) is 11.5 Å². The van der Waals surface area contributed by atoms with E-state index >= 15 is 0 Å². The molecule has 0 aliphatic rings. The molecule has 132 valence electrons. The van der Waals surface area contributed by atoms with Crippen molar-refractivity contribution in [2.45, 2.75) is 0 Å². The SMILES string of the molecule is C=CC(=O)OCOCOc1ccc(OCOCOC(=O)OC)cc1. The molecular weight excluding hydrogens is 324 g/mol. The highest BCUT2D eigenvalue weighted by atomic mass is 16.8. The van der Waals surface area contributed by atoms with Gasteiger partial charge in [-0.15, -0.1) is 0 Å². The van der Waals surface area contributed by atoms with Gasteiger partial charge in [-0.25, -0.2) is 9.59 Å². The second-order valence-corrected chi connectivity index (χ2v) is 3.91. The van der Waals surface area contributed by atoms with Crippen LogP contribution >= 0.6 is 0 Å². The Labute approximate surface area is 138 Å². The zero-order chi connectivity index (χ0) is 17.6. The fraction of sp³-hybridized carbons (Fsp3) is 0.333. The topological polar surface area (TPSA) is 98.8 Å². The average Bonchev–Trinajstić information content (AvgIpc) is 2.61. The Morgan fingerprint density at radius 3 is 1.88 bits per heavy atom. The summed E-state index contributed by atoms with van der Waals surface area (Å²) in [5.74, 6) is 0.490. The molecule has 0 saturated carbocycles. The van der Waals surface area contributed by atoms with E-state index in [9.17, 15) is 9.59 Å². The van der Waals surface area contributed by atoms with Gasteiger partial charge in [-0.2, -0.15) is 0 Å². The van der Waals surface area contributed by atoms with Gasteiger partial charge >= 0.3 is 12.1 Å². The molecule has 9 heteroatoms.